The molecule has 0 aliphatic heterocycles. The summed E-state index contributed by atoms with van der Waals surface area (Å²) in [4.78, 5) is 11.7. The summed E-state index contributed by atoms with van der Waals surface area (Å²) in [7, 11) is -3.44. The van der Waals surface area contributed by atoms with Crippen molar-refractivity contribution in [1.29, 1.82) is 0 Å². The maximum Gasteiger partial charge on any atom is 0.251 e. The molecule has 1 amide bonds. The Kier molecular flexibility index (Phi) is 4.75. The standard InChI is InChI=1S/C11H13ClN2O3S/c1-3-6-13-11(15)8-4-5-9(12)10(7-8)14-18(2,16)17/h3-5,7,14H,1,6H2,2H3,(H,13,15). The molecule has 7 heteroatoms. The van der Waals surface area contributed by atoms with Gasteiger partial charge >= 0.3 is 0 Å². The second-order valence-corrected chi connectivity index (χ2v) is 5.72. The molecule has 0 heterocycles. The number of carbonyl (C=O) groups is 1. The van der Waals surface area contributed by atoms with Crippen molar-refractivity contribution in [1.82, 2.24) is 5.32 Å². The summed E-state index contributed by atoms with van der Waals surface area (Å²) < 4.78 is 24.5. The zero-order chi connectivity index (χ0) is 13.8. The molecule has 0 aromatic heterocycles. The molecule has 1 aromatic rings. The summed E-state index contributed by atoms with van der Waals surface area (Å²) in [5.41, 5.74) is 0.484. The Bertz CT molecular complexity index is 570. The maximum atomic E-state index is 11.7. The van der Waals surface area contributed by atoms with Gasteiger partial charge < -0.3 is 5.32 Å². The predicted molar refractivity (Wildman–Crippen MR) is 72.4 cm³/mol. The van der Waals surface area contributed by atoms with Crippen molar-refractivity contribution in [3.8, 4) is 0 Å². The minimum Gasteiger partial charge on any atom is -0.349 e. The van der Waals surface area contributed by atoms with Gasteiger partial charge in [0.1, 0.15) is 0 Å². The summed E-state index contributed by atoms with van der Waals surface area (Å²) in [6, 6.07) is 4.34. The third-order valence-corrected chi connectivity index (χ3v) is 2.85. The van der Waals surface area contributed by atoms with E-state index in [1.807, 2.05) is 0 Å². The lowest BCUT2D eigenvalue weighted by atomic mass is 10.2. The average molecular weight is 289 g/mol. The van der Waals surface area contributed by atoms with Crippen molar-refractivity contribution in [3.05, 3.63) is 41.4 Å². The van der Waals surface area contributed by atoms with Gasteiger partial charge in [-0.2, -0.15) is 0 Å². The van der Waals surface area contributed by atoms with Crippen LogP contribution in [0.15, 0.2) is 30.9 Å². The molecule has 0 aliphatic rings. The zero-order valence-electron chi connectivity index (χ0n) is 9.73. The van der Waals surface area contributed by atoms with Crippen LogP contribution in [0.5, 0.6) is 0 Å². The van der Waals surface area contributed by atoms with E-state index in [9.17, 15) is 13.2 Å². The lowest BCUT2D eigenvalue weighted by Crippen LogP contribution is -2.23. The highest BCUT2D eigenvalue weighted by Gasteiger charge is 2.10. The molecule has 0 fully saturated rings. The van der Waals surface area contributed by atoms with E-state index in [0.717, 1.165) is 6.26 Å². The Morgan fingerprint density at radius 3 is 2.72 bits per heavy atom. The van der Waals surface area contributed by atoms with Crippen molar-refractivity contribution >= 4 is 33.2 Å². The van der Waals surface area contributed by atoms with Crippen LogP contribution in [0.4, 0.5) is 5.69 Å². The fraction of sp³-hybridized carbons (Fsp3) is 0.182. The fourth-order valence-corrected chi connectivity index (χ4v) is 2.00. The highest BCUT2D eigenvalue weighted by molar-refractivity contribution is 7.92. The number of hydrogen-bond acceptors (Lipinski definition) is 3. The third-order valence-electron chi connectivity index (χ3n) is 1.93. The van der Waals surface area contributed by atoms with Crippen molar-refractivity contribution in [3.63, 3.8) is 0 Å². The number of carbonyl (C=O) groups excluding carboxylic acids is 1. The largest absolute Gasteiger partial charge is 0.349 e. The van der Waals surface area contributed by atoms with E-state index >= 15 is 0 Å². The molecule has 1 aromatic carbocycles. The van der Waals surface area contributed by atoms with Crippen LogP contribution >= 0.6 is 11.6 Å². The van der Waals surface area contributed by atoms with Crippen LogP contribution in [-0.2, 0) is 10.0 Å². The number of amides is 1. The van der Waals surface area contributed by atoms with Gasteiger partial charge in [0, 0.05) is 12.1 Å². The minimum atomic E-state index is -3.44. The highest BCUT2D eigenvalue weighted by Crippen LogP contribution is 2.23. The molecule has 18 heavy (non-hydrogen) atoms. The normalized spacial score (nSPS) is 10.8. The van der Waals surface area contributed by atoms with Crippen LogP contribution < -0.4 is 10.0 Å². The van der Waals surface area contributed by atoms with Crippen LogP contribution in [0.1, 0.15) is 10.4 Å². The lowest BCUT2D eigenvalue weighted by Gasteiger charge is -2.08. The molecule has 0 saturated heterocycles. The van der Waals surface area contributed by atoms with Gasteiger partial charge in [-0.25, -0.2) is 8.42 Å². The van der Waals surface area contributed by atoms with Crippen LogP contribution in [0.2, 0.25) is 5.02 Å². The summed E-state index contributed by atoms with van der Waals surface area (Å²) in [5, 5.41) is 2.80. The lowest BCUT2D eigenvalue weighted by molar-refractivity contribution is 0.0958. The van der Waals surface area contributed by atoms with Crippen LogP contribution in [-0.4, -0.2) is 27.1 Å². The van der Waals surface area contributed by atoms with Crippen LogP contribution in [0, 0.1) is 0 Å². The van der Waals surface area contributed by atoms with E-state index in [1.54, 1.807) is 6.08 Å². The molecular formula is C11H13ClN2O3S. The average Bonchev–Trinajstić information content (AvgIpc) is 2.27. The topological polar surface area (TPSA) is 75.3 Å². The van der Waals surface area contributed by atoms with Gasteiger partial charge in [0.25, 0.3) is 5.91 Å². The zero-order valence-corrected chi connectivity index (χ0v) is 11.3. The van der Waals surface area contributed by atoms with E-state index < -0.39 is 10.0 Å². The Balaban J connectivity index is 3.00. The van der Waals surface area contributed by atoms with Gasteiger partial charge in [-0.15, -0.1) is 6.58 Å². The Labute approximate surface area is 111 Å². The van der Waals surface area contributed by atoms with E-state index in [1.165, 1.54) is 18.2 Å². The minimum absolute atomic E-state index is 0.172. The quantitative estimate of drug-likeness (QED) is 0.809. The van der Waals surface area contributed by atoms with Gasteiger partial charge in [0.05, 0.1) is 17.0 Å². The first-order chi connectivity index (χ1) is 8.33. The smallest absolute Gasteiger partial charge is 0.251 e. The Hall–Kier alpha value is -1.53. The second-order valence-electron chi connectivity index (χ2n) is 3.57. The fourth-order valence-electron chi connectivity index (χ4n) is 1.21. The number of nitrogens with one attached hydrogen (secondary N) is 2. The summed E-state index contributed by atoms with van der Waals surface area (Å²) in [6.45, 7) is 3.81. The summed E-state index contributed by atoms with van der Waals surface area (Å²) in [5.74, 6) is -0.330. The van der Waals surface area contributed by atoms with Crippen LogP contribution in [0.3, 0.4) is 0 Å². The number of hydrogen-bond donors (Lipinski definition) is 2. The van der Waals surface area contributed by atoms with Gasteiger partial charge in [0.15, 0.2) is 0 Å². The molecule has 1 rings (SSSR count). The first-order valence-corrected chi connectivity index (χ1v) is 7.27. The summed E-state index contributed by atoms with van der Waals surface area (Å²) in [6.07, 6.45) is 2.55. The molecule has 0 atom stereocenters. The van der Waals surface area contributed by atoms with Crippen molar-refractivity contribution < 1.29 is 13.2 Å². The van der Waals surface area contributed by atoms with Gasteiger partial charge in [-0.3, -0.25) is 9.52 Å². The number of rotatable bonds is 5. The molecule has 0 bridgehead atoms. The SMILES string of the molecule is C=CCNC(=O)c1ccc(Cl)c(NS(C)(=O)=O)c1. The molecule has 5 nitrogen and oxygen atoms in total. The van der Waals surface area contributed by atoms with Crippen molar-refractivity contribution in [2.75, 3.05) is 17.5 Å². The number of halogens is 1. The van der Waals surface area contributed by atoms with Gasteiger partial charge in [-0.1, -0.05) is 17.7 Å². The van der Waals surface area contributed by atoms with E-state index in [4.69, 9.17) is 11.6 Å². The van der Waals surface area contributed by atoms with Gasteiger partial charge in [0.2, 0.25) is 10.0 Å². The van der Waals surface area contributed by atoms with E-state index in [2.05, 4.69) is 16.6 Å². The number of anilines is 1. The van der Waals surface area contributed by atoms with Crippen molar-refractivity contribution in [2.24, 2.45) is 0 Å². The highest BCUT2D eigenvalue weighted by atomic mass is 35.5. The first-order valence-electron chi connectivity index (χ1n) is 5.00. The molecular weight excluding hydrogens is 276 g/mol. The monoisotopic (exact) mass is 288 g/mol. The molecule has 0 unspecified atom stereocenters. The number of sulfonamides is 1. The molecule has 0 aliphatic carbocycles. The van der Waals surface area contributed by atoms with Crippen molar-refractivity contribution in [2.45, 2.75) is 0 Å². The maximum absolute atomic E-state index is 11.7. The van der Waals surface area contributed by atoms with Gasteiger partial charge in [-0.05, 0) is 18.2 Å². The molecule has 0 spiro atoms. The van der Waals surface area contributed by atoms with E-state index in [0.29, 0.717) is 12.1 Å². The third kappa shape index (κ3) is 4.38. The first kappa shape index (κ1) is 14.5. The Morgan fingerprint density at radius 1 is 1.50 bits per heavy atom. The number of benzene rings is 1. The second kappa shape index (κ2) is 5.88. The molecule has 2 N–H and O–H groups in total. The summed E-state index contributed by atoms with van der Waals surface area (Å²) >= 11 is 5.84. The molecule has 0 radical (unpaired) electrons. The van der Waals surface area contributed by atoms with E-state index in [-0.39, 0.29) is 16.6 Å². The Morgan fingerprint density at radius 2 is 2.17 bits per heavy atom. The molecule has 0 saturated carbocycles. The predicted octanol–water partition coefficient (Wildman–Crippen LogP) is 1.63. The van der Waals surface area contributed by atoms with Crippen LogP contribution in [0.25, 0.3) is 0 Å². The molecule has 98 valence electrons.